The van der Waals surface area contributed by atoms with Gasteiger partial charge in [-0.3, -0.25) is 4.79 Å². The van der Waals surface area contributed by atoms with E-state index in [0.29, 0.717) is 12.5 Å². The molecule has 0 radical (unpaired) electrons. The van der Waals surface area contributed by atoms with Gasteiger partial charge in [0.25, 0.3) is 0 Å². The second-order valence-electron chi connectivity index (χ2n) is 9.52. The molecule has 7 heteroatoms. The first-order valence-electron chi connectivity index (χ1n) is 12.1. The molecule has 2 aliphatic rings. The fraction of sp³-hybridized carbons (Fsp3) is 0.600. The highest BCUT2D eigenvalue weighted by atomic mass is 16.1. The van der Waals surface area contributed by atoms with Crippen molar-refractivity contribution in [3.05, 3.63) is 54.1 Å². The van der Waals surface area contributed by atoms with E-state index in [2.05, 4.69) is 67.4 Å². The van der Waals surface area contributed by atoms with Crippen molar-refractivity contribution in [3.63, 3.8) is 0 Å². The number of aromatic amines is 1. The van der Waals surface area contributed by atoms with Gasteiger partial charge in [-0.1, -0.05) is 30.3 Å². The molecule has 2 fully saturated rings. The molecule has 174 valence electrons. The molecule has 7 nitrogen and oxygen atoms in total. The van der Waals surface area contributed by atoms with E-state index in [4.69, 9.17) is 0 Å². The highest BCUT2D eigenvalue weighted by Crippen LogP contribution is 2.24. The lowest BCUT2D eigenvalue weighted by Crippen LogP contribution is -2.52. The summed E-state index contributed by atoms with van der Waals surface area (Å²) in [6.45, 7) is 9.29. The third kappa shape index (κ3) is 6.89. The Morgan fingerprint density at radius 1 is 1.09 bits per heavy atom. The Kier molecular flexibility index (Phi) is 8.31. The van der Waals surface area contributed by atoms with E-state index in [9.17, 15) is 4.79 Å². The molecule has 0 saturated carbocycles. The van der Waals surface area contributed by atoms with Gasteiger partial charge in [-0.05, 0) is 31.4 Å². The zero-order valence-corrected chi connectivity index (χ0v) is 19.4. The minimum atomic E-state index is 0.0683. The summed E-state index contributed by atoms with van der Waals surface area (Å²) in [6, 6.07) is 10.7. The number of likely N-dealkylation sites (tertiary alicyclic amines) is 1. The molecule has 0 unspecified atom stereocenters. The lowest BCUT2D eigenvalue weighted by molar-refractivity contribution is -0.127. The molecule has 1 aromatic carbocycles. The Balaban J connectivity index is 1.32. The highest BCUT2D eigenvalue weighted by molar-refractivity contribution is 5.79. The predicted molar refractivity (Wildman–Crippen MR) is 127 cm³/mol. The van der Waals surface area contributed by atoms with Gasteiger partial charge in [0.15, 0.2) is 0 Å². The fourth-order valence-corrected chi connectivity index (χ4v) is 5.02. The van der Waals surface area contributed by atoms with Crippen LogP contribution in [-0.4, -0.2) is 96.5 Å². The summed E-state index contributed by atoms with van der Waals surface area (Å²) >= 11 is 0. The van der Waals surface area contributed by atoms with Crippen molar-refractivity contribution >= 4 is 5.91 Å². The number of nitrogens with zero attached hydrogens (tertiary/aromatic N) is 4. The largest absolute Gasteiger partial charge is 0.355 e. The molecular weight excluding hydrogens is 400 g/mol. The first kappa shape index (κ1) is 23.0. The molecule has 2 aromatic rings. The number of hydrogen-bond acceptors (Lipinski definition) is 5. The van der Waals surface area contributed by atoms with Crippen molar-refractivity contribution in [2.75, 3.05) is 66.0 Å². The number of aromatic nitrogens is 2. The number of amides is 1. The minimum Gasteiger partial charge on any atom is -0.355 e. The lowest BCUT2D eigenvalue weighted by atomic mass is 9.87. The van der Waals surface area contributed by atoms with Gasteiger partial charge in [-0.2, -0.15) is 0 Å². The van der Waals surface area contributed by atoms with Crippen LogP contribution in [0.3, 0.4) is 0 Å². The van der Waals surface area contributed by atoms with Crippen LogP contribution < -0.4 is 5.32 Å². The van der Waals surface area contributed by atoms with Gasteiger partial charge in [0.05, 0.1) is 12.2 Å². The van der Waals surface area contributed by atoms with Crippen LogP contribution in [0.4, 0.5) is 0 Å². The maximum absolute atomic E-state index is 13.0. The standard InChI is InChI=1S/C25H38N6O/c1-29-11-13-30(14-12-29)17-22-15-23(25(32)27-9-7-24-16-26-20-28-24)19-31(18-22)10-8-21-5-3-2-4-6-21/h2-6,16,20,22-23H,7-15,17-19H2,1H3,(H,26,28)(H,27,32)/t22-,23-/m1/s1. The normalized spacial score (nSPS) is 23.3. The number of piperidine rings is 1. The fourth-order valence-electron chi connectivity index (χ4n) is 5.02. The summed E-state index contributed by atoms with van der Waals surface area (Å²) in [7, 11) is 2.20. The first-order valence-corrected chi connectivity index (χ1v) is 12.1. The smallest absolute Gasteiger partial charge is 0.224 e. The van der Waals surface area contributed by atoms with E-state index in [1.54, 1.807) is 6.33 Å². The number of piperazine rings is 1. The molecular formula is C25H38N6O. The molecule has 3 heterocycles. The molecule has 2 saturated heterocycles. The predicted octanol–water partition coefficient (Wildman–Crippen LogP) is 1.50. The molecule has 1 aromatic heterocycles. The Morgan fingerprint density at radius 2 is 1.91 bits per heavy atom. The summed E-state index contributed by atoms with van der Waals surface area (Å²) in [4.78, 5) is 27.7. The SMILES string of the molecule is CN1CCN(C[C@H]2C[C@@H](C(=O)NCCc3cnc[nH]3)CN(CCc3ccccc3)C2)CC1. The van der Waals surface area contributed by atoms with Crippen molar-refractivity contribution in [1.82, 2.24) is 30.0 Å². The van der Waals surface area contributed by atoms with Crippen LogP contribution in [0.25, 0.3) is 0 Å². The van der Waals surface area contributed by atoms with Gasteiger partial charge in [0.1, 0.15) is 0 Å². The quantitative estimate of drug-likeness (QED) is 0.621. The summed E-state index contributed by atoms with van der Waals surface area (Å²) in [5.74, 6) is 0.822. The van der Waals surface area contributed by atoms with Crippen LogP contribution in [0.2, 0.25) is 0 Å². The topological polar surface area (TPSA) is 67.5 Å². The number of benzene rings is 1. The van der Waals surface area contributed by atoms with Crippen molar-refractivity contribution in [2.24, 2.45) is 11.8 Å². The number of imidazole rings is 1. The van der Waals surface area contributed by atoms with Crippen LogP contribution in [0, 0.1) is 11.8 Å². The van der Waals surface area contributed by atoms with Crippen molar-refractivity contribution in [3.8, 4) is 0 Å². The second kappa shape index (κ2) is 11.6. The number of H-pyrrole nitrogens is 1. The van der Waals surface area contributed by atoms with Gasteiger partial charge in [0.2, 0.25) is 5.91 Å². The van der Waals surface area contributed by atoms with Gasteiger partial charge in [-0.15, -0.1) is 0 Å². The summed E-state index contributed by atoms with van der Waals surface area (Å²) < 4.78 is 0. The summed E-state index contributed by atoms with van der Waals surface area (Å²) in [6.07, 6.45) is 6.33. The van der Waals surface area contributed by atoms with Crippen molar-refractivity contribution in [2.45, 2.75) is 19.3 Å². The van der Waals surface area contributed by atoms with Crippen molar-refractivity contribution in [1.29, 1.82) is 0 Å². The molecule has 1 amide bonds. The van der Waals surface area contributed by atoms with Crippen LogP contribution in [0.15, 0.2) is 42.9 Å². The number of hydrogen-bond donors (Lipinski definition) is 2. The van der Waals surface area contributed by atoms with E-state index < -0.39 is 0 Å². The zero-order chi connectivity index (χ0) is 22.2. The second-order valence-corrected chi connectivity index (χ2v) is 9.52. The van der Waals surface area contributed by atoms with Crippen LogP contribution in [0.1, 0.15) is 17.7 Å². The molecule has 32 heavy (non-hydrogen) atoms. The first-order chi connectivity index (χ1) is 15.7. The average molecular weight is 439 g/mol. The Bertz CT molecular complexity index is 803. The molecule has 2 N–H and O–H groups in total. The summed E-state index contributed by atoms with van der Waals surface area (Å²) in [5, 5.41) is 3.18. The molecule has 4 rings (SSSR count). The number of carbonyl (C=O) groups excluding carboxylic acids is 1. The zero-order valence-electron chi connectivity index (χ0n) is 19.4. The number of rotatable bonds is 9. The number of carbonyl (C=O) groups is 1. The molecule has 0 bridgehead atoms. The van der Waals surface area contributed by atoms with Crippen LogP contribution >= 0.6 is 0 Å². The third-order valence-electron chi connectivity index (χ3n) is 6.90. The molecule has 2 aliphatic heterocycles. The van der Waals surface area contributed by atoms with E-state index in [1.807, 2.05) is 6.20 Å². The third-order valence-corrected chi connectivity index (χ3v) is 6.90. The summed E-state index contributed by atoms with van der Waals surface area (Å²) in [5.41, 5.74) is 2.43. The van der Waals surface area contributed by atoms with E-state index >= 15 is 0 Å². The van der Waals surface area contributed by atoms with Gasteiger partial charge in [0, 0.05) is 77.2 Å². The molecule has 0 aliphatic carbocycles. The number of likely N-dealkylation sites (N-methyl/N-ethyl adjacent to an activating group) is 1. The van der Waals surface area contributed by atoms with Gasteiger partial charge in [-0.25, -0.2) is 4.98 Å². The average Bonchev–Trinajstić information content (AvgIpc) is 3.33. The maximum Gasteiger partial charge on any atom is 0.224 e. The van der Waals surface area contributed by atoms with Gasteiger partial charge >= 0.3 is 0 Å². The minimum absolute atomic E-state index is 0.0683. The Labute approximate surface area is 192 Å². The van der Waals surface area contributed by atoms with Crippen LogP contribution in [-0.2, 0) is 17.6 Å². The van der Waals surface area contributed by atoms with E-state index in [0.717, 1.165) is 77.3 Å². The molecule has 0 spiro atoms. The van der Waals surface area contributed by atoms with Crippen LogP contribution in [0.5, 0.6) is 0 Å². The Hall–Kier alpha value is -2.22. The van der Waals surface area contributed by atoms with Crippen molar-refractivity contribution < 1.29 is 4.79 Å². The van der Waals surface area contributed by atoms with E-state index in [-0.39, 0.29) is 11.8 Å². The van der Waals surface area contributed by atoms with Gasteiger partial charge < -0.3 is 25.0 Å². The Morgan fingerprint density at radius 3 is 2.66 bits per heavy atom. The molecule has 2 atom stereocenters. The number of nitrogens with one attached hydrogen (secondary N) is 2. The van der Waals surface area contributed by atoms with E-state index in [1.165, 1.54) is 5.56 Å². The monoisotopic (exact) mass is 438 g/mol. The highest BCUT2D eigenvalue weighted by Gasteiger charge is 2.32. The maximum atomic E-state index is 13.0. The lowest BCUT2D eigenvalue weighted by Gasteiger charge is -2.41.